The maximum Gasteiger partial charge on any atom is 0.255 e. The minimum atomic E-state index is -0.166. The molecule has 24 heavy (non-hydrogen) atoms. The number of nitrogens with zero attached hydrogens (tertiary/aromatic N) is 5. The smallest absolute Gasteiger partial charge is 0.255 e. The van der Waals surface area contributed by atoms with E-state index in [4.69, 9.17) is 11.6 Å². The van der Waals surface area contributed by atoms with Crippen LogP contribution < -0.4 is 5.32 Å². The molecule has 0 bridgehead atoms. The molecule has 3 rings (SSSR count). The van der Waals surface area contributed by atoms with Crippen molar-refractivity contribution in [3.8, 4) is 5.69 Å². The Balaban J connectivity index is 1.72. The average Bonchev–Trinajstić information content (AvgIpc) is 3.17. The highest BCUT2D eigenvalue weighted by molar-refractivity contribution is 6.30. The van der Waals surface area contributed by atoms with Crippen LogP contribution in [0.15, 0.2) is 43.1 Å². The van der Waals surface area contributed by atoms with Crippen LogP contribution in [0.4, 0.5) is 0 Å². The molecule has 1 amide bonds. The van der Waals surface area contributed by atoms with Gasteiger partial charge in [-0.2, -0.15) is 10.2 Å². The number of nitrogens with one attached hydrogen (secondary N) is 1. The Morgan fingerprint density at radius 3 is 2.75 bits per heavy atom. The maximum absolute atomic E-state index is 12.5. The summed E-state index contributed by atoms with van der Waals surface area (Å²) in [5.41, 5.74) is 2.04. The van der Waals surface area contributed by atoms with Gasteiger partial charge in [-0.3, -0.25) is 9.48 Å². The highest BCUT2D eigenvalue weighted by Crippen LogP contribution is 2.15. The van der Waals surface area contributed by atoms with E-state index in [1.807, 2.05) is 26.0 Å². The van der Waals surface area contributed by atoms with Gasteiger partial charge in [-0.05, 0) is 38.1 Å². The van der Waals surface area contributed by atoms with Crippen molar-refractivity contribution < 1.29 is 4.79 Å². The fourth-order valence-corrected chi connectivity index (χ4v) is 2.49. The van der Waals surface area contributed by atoms with Gasteiger partial charge in [0.15, 0.2) is 0 Å². The summed E-state index contributed by atoms with van der Waals surface area (Å²) in [7, 11) is 0. The highest BCUT2D eigenvalue weighted by Gasteiger charge is 2.16. The molecule has 0 saturated carbocycles. The van der Waals surface area contributed by atoms with Crippen LogP contribution in [0, 0.1) is 6.92 Å². The summed E-state index contributed by atoms with van der Waals surface area (Å²) < 4.78 is 3.34. The predicted molar refractivity (Wildman–Crippen MR) is 90.3 cm³/mol. The summed E-state index contributed by atoms with van der Waals surface area (Å²) in [5.74, 6) is -0.166. The molecule has 8 heteroatoms. The normalized spacial score (nSPS) is 12.1. The quantitative estimate of drug-likeness (QED) is 0.770. The Hall–Kier alpha value is -2.67. The molecule has 0 aliphatic heterocycles. The first-order valence-corrected chi connectivity index (χ1v) is 7.86. The first-order valence-electron chi connectivity index (χ1n) is 7.48. The number of rotatable bonds is 5. The zero-order chi connectivity index (χ0) is 17.1. The SMILES string of the molecule is Cc1nn(-c2ccc(Cl)cc2)cc1C(=O)NC(C)Cn1cncn1. The predicted octanol–water partition coefficient (Wildman–Crippen LogP) is 2.24. The molecule has 0 spiro atoms. The van der Waals surface area contributed by atoms with Crippen LogP contribution in [0.2, 0.25) is 5.02 Å². The van der Waals surface area contributed by atoms with Crippen LogP contribution in [0.3, 0.4) is 0 Å². The van der Waals surface area contributed by atoms with E-state index in [1.165, 1.54) is 6.33 Å². The number of amides is 1. The van der Waals surface area contributed by atoms with Crippen LogP contribution in [0.1, 0.15) is 23.0 Å². The van der Waals surface area contributed by atoms with Gasteiger partial charge in [0.25, 0.3) is 5.91 Å². The number of benzene rings is 1. The molecule has 0 aliphatic carbocycles. The van der Waals surface area contributed by atoms with Gasteiger partial charge in [-0.1, -0.05) is 11.6 Å². The lowest BCUT2D eigenvalue weighted by Crippen LogP contribution is -2.36. The van der Waals surface area contributed by atoms with Crippen molar-refractivity contribution in [1.82, 2.24) is 29.9 Å². The van der Waals surface area contributed by atoms with Crippen LogP contribution in [0.25, 0.3) is 5.69 Å². The van der Waals surface area contributed by atoms with E-state index >= 15 is 0 Å². The summed E-state index contributed by atoms with van der Waals surface area (Å²) in [4.78, 5) is 16.4. The molecule has 7 nitrogen and oxygen atoms in total. The van der Waals surface area contributed by atoms with Gasteiger partial charge in [-0.15, -0.1) is 0 Å². The molecule has 0 radical (unpaired) electrons. The second kappa shape index (κ2) is 6.84. The zero-order valence-corrected chi connectivity index (χ0v) is 14.1. The van der Waals surface area contributed by atoms with E-state index in [1.54, 1.807) is 34.0 Å². The lowest BCUT2D eigenvalue weighted by molar-refractivity contribution is 0.0935. The Bertz CT molecular complexity index is 825. The number of aryl methyl sites for hydroxylation is 1. The first-order chi connectivity index (χ1) is 11.5. The minimum Gasteiger partial charge on any atom is -0.348 e. The Morgan fingerprint density at radius 2 is 2.08 bits per heavy atom. The van der Waals surface area contributed by atoms with Crippen molar-refractivity contribution >= 4 is 17.5 Å². The second-order valence-corrected chi connectivity index (χ2v) is 5.98. The molecule has 124 valence electrons. The van der Waals surface area contributed by atoms with Crippen molar-refractivity contribution in [1.29, 1.82) is 0 Å². The summed E-state index contributed by atoms with van der Waals surface area (Å²) in [6.45, 7) is 4.28. The van der Waals surface area contributed by atoms with Crippen LogP contribution in [0.5, 0.6) is 0 Å². The average molecular weight is 345 g/mol. The molecule has 2 aromatic heterocycles. The lowest BCUT2D eigenvalue weighted by Gasteiger charge is -2.13. The second-order valence-electron chi connectivity index (χ2n) is 5.54. The summed E-state index contributed by atoms with van der Waals surface area (Å²) in [6.07, 6.45) is 4.80. The van der Waals surface area contributed by atoms with Crippen molar-refractivity contribution in [3.63, 3.8) is 0 Å². The Labute approximate surface area is 144 Å². The standard InChI is InChI=1S/C16H17ClN6O/c1-11(7-22-10-18-9-19-22)20-16(24)15-8-23(21-12(15)2)14-5-3-13(17)4-6-14/h3-6,8-11H,7H2,1-2H3,(H,20,24). The van der Waals surface area contributed by atoms with E-state index in [9.17, 15) is 4.79 Å². The molecule has 0 fully saturated rings. The molecule has 0 aliphatic rings. The van der Waals surface area contributed by atoms with Crippen molar-refractivity contribution in [2.75, 3.05) is 0 Å². The van der Waals surface area contributed by atoms with Crippen LogP contribution in [-0.2, 0) is 6.54 Å². The van der Waals surface area contributed by atoms with E-state index in [-0.39, 0.29) is 11.9 Å². The van der Waals surface area contributed by atoms with E-state index in [0.717, 1.165) is 5.69 Å². The fraction of sp³-hybridized carbons (Fsp3) is 0.250. The van der Waals surface area contributed by atoms with E-state index in [0.29, 0.717) is 22.8 Å². The number of hydrogen-bond donors (Lipinski definition) is 1. The molecule has 3 aromatic rings. The van der Waals surface area contributed by atoms with Crippen molar-refractivity contribution in [2.45, 2.75) is 26.4 Å². The molecule has 0 saturated heterocycles. The first kappa shape index (κ1) is 16.2. The van der Waals surface area contributed by atoms with Gasteiger partial charge in [0.1, 0.15) is 12.7 Å². The van der Waals surface area contributed by atoms with Gasteiger partial charge in [-0.25, -0.2) is 9.67 Å². The fourth-order valence-electron chi connectivity index (χ4n) is 2.36. The van der Waals surface area contributed by atoms with Gasteiger partial charge in [0.05, 0.1) is 23.5 Å². The number of carbonyl (C=O) groups excluding carboxylic acids is 1. The number of carbonyl (C=O) groups is 1. The van der Waals surface area contributed by atoms with Gasteiger partial charge in [0.2, 0.25) is 0 Å². The molecular weight excluding hydrogens is 328 g/mol. The monoisotopic (exact) mass is 344 g/mol. The third-order valence-electron chi connectivity index (χ3n) is 3.54. The Morgan fingerprint density at radius 1 is 1.33 bits per heavy atom. The van der Waals surface area contributed by atoms with Crippen molar-refractivity contribution in [2.24, 2.45) is 0 Å². The van der Waals surface area contributed by atoms with Gasteiger partial charge < -0.3 is 5.32 Å². The highest BCUT2D eigenvalue weighted by atomic mass is 35.5. The minimum absolute atomic E-state index is 0.0857. The molecule has 1 unspecified atom stereocenters. The largest absolute Gasteiger partial charge is 0.348 e. The van der Waals surface area contributed by atoms with Crippen LogP contribution in [-0.4, -0.2) is 36.5 Å². The lowest BCUT2D eigenvalue weighted by atomic mass is 10.2. The summed E-state index contributed by atoms with van der Waals surface area (Å²) in [6, 6.07) is 7.19. The topological polar surface area (TPSA) is 77.6 Å². The zero-order valence-electron chi connectivity index (χ0n) is 13.3. The van der Waals surface area contributed by atoms with Gasteiger partial charge >= 0.3 is 0 Å². The van der Waals surface area contributed by atoms with Crippen molar-refractivity contribution in [3.05, 3.63) is 59.4 Å². The number of halogens is 1. The Kier molecular flexibility index (Phi) is 4.61. The molecule has 1 aromatic carbocycles. The third-order valence-corrected chi connectivity index (χ3v) is 3.79. The summed E-state index contributed by atoms with van der Waals surface area (Å²) >= 11 is 5.90. The van der Waals surface area contributed by atoms with Crippen LogP contribution >= 0.6 is 11.6 Å². The number of hydrogen-bond acceptors (Lipinski definition) is 4. The maximum atomic E-state index is 12.5. The van der Waals surface area contributed by atoms with Gasteiger partial charge in [0, 0.05) is 17.3 Å². The third kappa shape index (κ3) is 3.62. The molecule has 1 N–H and O–H groups in total. The van der Waals surface area contributed by atoms with E-state index in [2.05, 4.69) is 20.5 Å². The summed E-state index contributed by atoms with van der Waals surface area (Å²) in [5, 5.41) is 12.0. The number of aromatic nitrogens is 5. The molecular formula is C16H17ClN6O. The van der Waals surface area contributed by atoms with E-state index < -0.39 is 0 Å². The molecule has 1 atom stereocenters. The molecule has 2 heterocycles.